The van der Waals surface area contributed by atoms with Crippen LogP contribution in [0.2, 0.25) is 0 Å². The molecule has 1 atom stereocenters. The van der Waals surface area contributed by atoms with E-state index < -0.39 is 12.3 Å². The predicted molar refractivity (Wildman–Crippen MR) is 158 cm³/mol. The molecule has 4 heterocycles. The van der Waals surface area contributed by atoms with E-state index in [4.69, 9.17) is 23.6 Å². The Morgan fingerprint density at radius 3 is 2.42 bits per heavy atom. The number of carbonyl (C=O) groups is 1. The fraction of sp³-hybridized carbons (Fsp3) is 0.129. The van der Waals surface area contributed by atoms with Crippen LogP contribution in [0.15, 0.2) is 114 Å². The lowest BCUT2D eigenvalue weighted by atomic mass is 10.0. The minimum atomic E-state index is -0.966. The normalized spacial score (nSPS) is 18.9. The van der Waals surface area contributed by atoms with Crippen LogP contribution in [-0.4, -0.2) is 24.1 Å². The number of ether oxygens (including phenoxy) is 3. The SMILES string of the molecule is CC(C)c1ccc(C2=N/C(=C/c3ccco3)C(O/C(=C3\N=C(c4ccc(Br)cc4)OC3=O)c3ccsc3)O2)cc1. The van der Waals surface area contributed by atoms with Gasteiger partial charge in [0.25, 0.3) is 6.29 Å². The van der Waals surface area contributed by atoms with Gasteiger partial charge in [-0.15, -0.1) is 0 Å². The zero-order valence-electron chi connectivity index (χ0n) is 21.5. The standard InChI is InChI=1S/C31H23BrN2O5S/c1-18(2)19-5-7-20(8-6-19)28-33-25(16-24-4-3-14-36-24)31(39-28)37-27(22-13-15-40-17-22)26-30(35)38-29(34-26)21-9-11-23(32)12-10-21/h3-18,31H,1-2H3/b25-16+,27-26-. The Kier molecular flexibility index (Phi) is 7.23. The topological polar surface area (TPSA) is 82.6 Å². The molecule has 40 heavy (non-hydrogen) atoms. The molecule has 0 saturated carbocycles. The molecular formula is C31H23BrN2O5S. The van der Waals surface area contributed by atoms with Gasteiger partial charge in [0, 0.05) is 32.6 Å². The van der Waals surface area contributed by atoms with Crippen molar-refractivity contribution in [1.82, 2.24) is 0 Å². The van der Waals surface area contributed by atoms with Crippen molar-refractivity contribution in [3.8, 4) is 0 Å². The summed E-state index contributed by atoms with van der Waals surface area (Å²) in [5.74, 6) is 1.22. The highest BCUT2D eigenvalue weighted by atomic mass is 79.9. The second kappa shape index (κ2) is 11.1. The number of benzene rings is 2. The summed E-state index contributed by atoms with van der Waals surface area (Å²) in [4.78, 5) is 22.3. The number of esters is 1. The fourth-order valence-corrected chi connectivity index (χ4v) is 5.03. The average Bonchev–Trinajstić information content (AvgIpc) is 3.77. The Hall–Kier alpha value is -4.21. The lowest BCUT2D eigenvalue weighted by Crippen LogP contribution is -2.18. The second-order valence-electron chi connectivity index (χ2n) is 9.35. The van der Waals surface area contributed by atoms with Gasteiger partial charge in [-0.1, -0.05) is 41.9 Å². The van der Waals surface area contributed by atoms with Crippen LogP contribution in [0.1, 0.15) is 47.8 Å². The van der Waals surface area contributed by atoms with Crippen LogP contribution in [0, 0.1) is 0 Å². The van der Waals surface area contributed by atoms with Crippen molar-refractivity contribution in [3.63, 3.8) is 0 Å². The molecule has 2 aliphatic rings. The molecule has 0 saturated heterocycles. The van der Waals surface area contributed by atoms with Crippen LogP contribution in [-0.2, 0) is 19.0 Å². The maximum atomic E-state index is 13.1. The van der Waals surface area contributed by atoms with Crippen molar-refractivity contribution in [2.45, 2.75) is 26.1 Å². The summed E-state index contributed by atoms with van der Waals surface area (Å²) in [5, 5.41) is 3.77. The van der Waals surface area contributed by atoms with Crippen molar-refractivity contribution in [3.05, 3.63) is 128 Å². The number of cyclic esters (lactones) is 1. The Labute approximate surface area is 243 Å². The van der Waals surface area contributed by atoms with E-state index in [0.29, 0.717) is 34.4 Å². The van der Waals surface area contributed by atoms with E-state index in [-0.39, 0.29) is 17.4 Å². The summed E-state index contributed by atoms with van der Waals surface area (Å²) >= 11 is 4.89. The number of halogens is 1. The van der Waals surface area contributed by atoms with E-state index in [0.717, 1.165) is 10.0 Å². The van der Waals surface area contributed by atoms with Crippen molar-refractivity contribution >= 4 is 56.9 Å². The number of thiophene rings is 1. The van der Waals surface area contributed by atoms with Crippen LogP contribution in [0.4, 0.5) is 0 Å². The van der Waals surface area contributed by atoms with E-state index in [9.17, 15) is 4.79 Å². The van der Waals surface area contributed by atoms with Gasteiger partial charge in [0.2, 0.25) is 11.8 Å². The summed E-state index contributed by atoms with van der Waals surface area (Å²) in [6.07, 6.45) is 2.37. The van der Waals surface area contributed by atoms with Gasteiger partial charge in [-0.25, -0.2) is 14.8 Å². The molecule has 0 spiro atoms. The first-order valence-electron chi connectivity index (χ1n) is 12.6. The first-order chi connectivity index (χ1) is 19.4. The lowest BCUT2D eigenvalue weighted by molar-refractivity contribution is -0.130. The third-order valence-electron chi connectivity index (χ3n) is 6.26. The molecule has 0 aliphatic carbocycles. The molecule has 7 nitrogen and oxygen atoms in total. The Morgan fingerprint density at radius 2 is 1.75 bits per heavy atom. The number of nitrogens with zero attached hydrogens (tertiary/aromatic N) is 2. The number of hydrogen-bond acceptors (Lipinski definition) is 8. The molecule has 0 bridgehead atoms. The Balaban J connectivity index is 1.38. The Morgan fingerprint density at radius 1 is 1.00 bits per heavy atom. The highest BCUT2D eigenvalue weighted by molar-refractivity contribution is 9.10. The van der Waals surface area contributed by atoms with Crippen molar-refractivity contribution in [1.29, 1.82) is 0 Å². The van der Waals surface area contributed by atoms with E-state index >= 15 is 0 Å². The molecule has 0 radical (unpaired) electrons. The number of furan rings is 1. The Bertz CT molecular complexity index is 1650. The molecule has 2 aromatic heterocycles. The van der Waals surface area contributed by atoms with Crippen LogP contribution >= 0.6 is 27.3 Å². The van der Waals surface area contributed by atoms with E-state index in [1.54, 1.807) is 18.4 Å². The first kappa shape index (κ1) is 26.0. The highest BCUT2D eigenvalue weighted by Gasteiger charge is 2.35. The summed E-state index contributed by atoms with van der Waals surface area (Å²) in [6, 6.07) is 20.9. The molecule has 0 fully saturated rings. The minimum Gasteiger partial charge on any atom is -0.465 e. The number of carbonyl (C=O) groups excluding carboxylic acids is 1. The van der Waals surface area contributed by atoms with Gasteiger partial charge >= 0.3 is 5.97 Å². The number of aliphatic imine (C=N–C) groups is 2. The van der Waals surface area contributed by atoms with E-state index in [2.05, 4.69) is 46.9 Å². The van der Waals surface area contributed by atoms with Gasteiger partial charge in [0.05, 0.1) is 6.26 Å². The molecule has 0 N–H and O–H groups in total. The summed E-state index contributed by atoms with van der Waals surface area (Å²) in [5.41, 5.74) is 3.89. The third-order valence-corrected chi connectivity index (χ3v) is 7.47. The second-order valence-corrected chi connectivity index (χ2v) is 11.0. The zero-order valence-corrected chi connectivity index (χ0v) is 23.9. The summed E-state index contributed by atoms with van der Waals surface area (Å²) in [7, 11) is 0. The monoisotopic (exact) mass is 614 g/mol. The van der Waals surface area contributed by atoms with Gasteiger partial charge < -0.3 is 18.6 Å². The summed E-state index contributed by atoms with van der Waals surface area (Å²) in [6.45, 7) is 4.29. The average molecular weight is 616 g/mol. The number of rotatable bonds is 7. The highest BCUT2D eigenvalue weighted by Crippen LogP contribution is 2.34. The molecule has 2 aliphatic heterocycles. The smallest absolute Gasteiger partial charge is 0.367 e. The van der Waals surface area contributed by atoms with Gasteiger partial charge in [0.15, 0.2) is 11.5 Å². The third kappa shape index (κ3) is 5.43. The molecule has 1 unspecified atom stereocenters. The largest absolute Gasteiger partial charge is 0.465 e. The van der Waals surface area contributed by atoms with Gasteiger partial charge in [-0.2, -0.15) is 11.3 Å². The maximum Gasteiger partial charge on any atom is 0.367 e. The van der Waals surface area contributed by atoms with Crippen molar-refractivity contribution in [2.75, 3.05) is 0 Å². The molecular weight excluding hydrogens is 592 g/mol. The molecule has 200 valence electrons. The van der Waals surface area contributed by atoms with Gasteiger partial charge in [0.1, 0.15) is 11.5 Å². The summed E-state index contributed by atoms with van der Waals surface area (Å²) < 4.78 is 24.6. The molecule has 9 heteroatoms. The van der Waals surface area contributed by atoms with Crippen LogP contribution in [0.5, 0.6) is 0 Å². The van der Waals surface area contributed by atoms with Crippen molar-refractivity contribution < 1.29 is 23.4 Å². The van der Waals surface area contributed by atoms with Gasteiger partial charge in [-0.05, 0) is 71.5 Å². The van der Waals surface area contributed by atoms with Crippen LogP contribution in [0.25, 0.3) is 11.8 Å². The van der Waals surface area contributed by atoms with E-state index in [1.807, 2.05) is 59.3 Å². The zero-order chi connectivity index (χ0) is 27.6. The van der Waals surface area contributed by atoms with Crippen LogP contribution < -0.4 is 0 Å². The lowest BCUT2D eigenvalue weighted by Gasteiger charge is -2.17. The molecule has 4 aromatic rings. The molecule has 0 amide bonds. The van der Waals surface area contributed by atoms with Gasteiger partial charge in [-0.3, -0.25) is 0 Å². The van der Waals surface area contributed by atoms with Crippen LogP contribution in [0.3, 0.4) is 0 Å². The first-order valence-corrected chi connectivity index (χ1v) is 14.3. The maximum absolute atomic E-state index is 13.1. The molecule has 6 rings (SSSR count). The minimum absolute atomic E-state index is 0.0482. The number of hydrogen-bond donors (Lipinski definition) is 0. The quantitative estimate of drug-likeness (QED) is 0.121. The fourth-order valence-electron chi connectivity index (χ4n) is 4.13. The predicted octanol–water partition coefficient (Wildman–Crippen LogP) is 7.76. The van der Waals surface area contributed by atoms with Crippen molar-refractivity contribution in [2.24, 2.45) is 9.98 Å². The van der Waals surface area contributed by atoms with E-state index in [1.165, 1.54) is 16.9 Å². The molecule has 2 aromatic carbocycles.